The average molecular weight is 253 g/mol. The number of amides is 1. The Kier molecular flexibility index (Phi) is 3.81. The van der Waals surface area contributed by atoms with Gasteiger partial charge in [0, 0.05) is 25.1 Å². The first-order valence-corrected chi connectivity index (χ1v) is 5.94. The van der Waals surface area contributed by atoms with Gasteiger partial charge in [-0.25, -0.2) is 4.39 Å². The van der Waals surface area contributed by atoms with Crippen LogP contribution in [0.1, 0.15) is 12.5 Å². The van der Waals surface area contributed by atoms with Crippen LogP contribution in [-0.4, -0.2) is 30.3 Å². The van der Waals surface area contributed by atoms with Gasteiger partial charge in [-0.3, -0.25) is 4.79 Å². The predicted molar refractivity (Wildman–Crippen MR) is 63.8 cm³/mol. The summed E-state index contributed by atoms with van der Waals surface area (Å²) in [5.41, 5.74) is 0.713. The molecule has 4 nitrogen and oxygen atoms in total. The van der Waals surface area contributed by atoms with Crippen molar-refractivity contribution in [1.29, 1.82) is 0 Å². The number of hydrogen-bond donors (Lipinski definition) is 2. The van der Waals surface area contributed by atoms with Crippen molar-refractivity contribution in [3.8, 4) is 5.75 Å². The van der Waals surface area contributed by atoms with E-state index in [9.17, 15) is 9.18 Å². The van der Waals surface area contributed by atoms with E-state index in [0.717, 1.165) is 0 Å². The first-order valence-electron chi connectivity index (χ1n) is 5.94. The molecule has 2 rings (SSSR count). The number of benzene rings is 1. The third-order valence-corrected chi connectivity index (χ3v) is 2.93. The summed E-state index contributed by atoms with van der Waals surface area (Å²) >= 11 is 0. The van der Waals surface area contributed by atoms with Crippen LogP contribution in [0.3, 0.4) is 0 Å². The quantitative estimate of drug-likeness (QED) is 0.837. The van der Waals surface area contributed by atoms with Gasteiger partial charge in [0.25, 0.3) is 5.91 Å². The molecule has 1 heterocycles. The van der Waals surface area contributed by atoms with Crippen molar-refractivity contribution >= 4 is 5.91 Å². The number of fused-ring (bicyclic) bond motifs is 1. The zero-order chi connectivity index (χ0) is 13.1. The maximum Gasteiger partial charge on any atom is 0.261 e. The first-order chi connectivity index (χ1) is 8.60. The summed E-state index contributed by atoms with van der Waals surface area (Å²) in [5, 5.41) is 11.6. The maximum atomic E-state index is 13.0. The van der Waals surface area contributed by atoms with Crippen LogP contribution in [0.2, 0.25) is 0 Å². The Morgan fingerprint density at radius 3 is 3.17 bits per heavy atom. The average Bonchev–Trinajstić information content (AvgIpc) is 2.78. The molecule has 0 aromatic heterocycles. The molecule has 1 aromatic carbocycles. The third-order valence-electron chi connectivity index (χ3n) is 2.93. The molecule has 1 aromatic rings. The van der Waals surface area contributed by atoms with Gasteiger partial charge >= 0.3 is 0 Å². The minimum absolute atomic E-state index is 0.00942. The predicted octanol–water partition coefficient (Wildman–Crippen LogP) is 0.874. The summed E-state index contributed by atoms with van der Waals surface area (Å²) in [7, 11) is 0. The van der Waals surface area contributed by atoms with E-state index in [4.69, 9.17) is 9.84 Å². The van der Waals surface area contributed by atoms with Crippen molar-refractivity contribution in [2.75, 3.05) is 13.2 Å². The molecule has 5 heteroatoms. The molecule has 1 amide bonds. The number of aliphatic hydroxyl groups is 1. The zero-order valence-corrected chi connectivity index (χ0v) is 10.1. The second-order valence-corrected chi connectivity index (χ2v) is 4.60. The maximum absolute atomic E-state index is 13.0. The highest BCUT2D eigenvalue weighted by atomic mass is 19.1. The van der Waals surface area contributed by atoms with E-state index in [2.05, 4.69) is 5.32 Å². The van der Waals surface area contributed by atoms with Crippen molar-refractivity contribution in [2.24, 2.45) is 5.92 Å². The van der Waals surface area contributed by atoms with Crippen LogP contribution >= 0.6 is 0 Å². The van der Waals surface area contributed by atoms with E-state index in [0.29, 0.717) is 24.3 Å². The van der Waals surface area contributed by atoms with E-state index in [1.807, 2.05) is 6.92 Å². The van der Waals surface area contributed by atoms with Crippen LogP contribution in [0.5, 0.6) is 5.75 Å². The summed E-state index contributed by atoms with van der Waals surface area (Å²) < 4.78 is 18.5. The zero-order valence-electron chi connectivity index (χ0n) is 10.1. The molecule has 0 saturated heterocycles. The molecular weight excluding hydrogens is 237 g/mol. The van der Waals surface area contributed by atoms with Crippen molar-refractivity contribution in [2.45, 2.75) is 19.4 Å². The molecule has 1 aliphatic rings. The van der Waals surface area contributed by atoms with Crippen LogP contribution in [0.25, 0.3) is 0 Å². The number of nitrogens with one attached hydrogen (secondary N) is 1. The summed E-state index contributed by atoms with van der Waals surface area (Å²) in [5.74, 6) is 0.0150. The number of ether oxygens (including phenoxy) is 1. The van der Waals surface area contributed by atoms with Gasteiger partial charge in [0.05, 0.1) is 0 Å². The lowest BCUT2D eigenvalue weighted by atomic mass is 10.1. The van der Waals surface area contributed by atoms with Gasteiger partial charge in [-0.2, -0.15) is 0 Å². The Hall–Kier alpha value is -1.62. The Balaban J connectivity index is 1.92. The highest BCUT2D eigenvalue weighted by Crippen LogP contribution is 2.29. The van der Waals surface area contributed by atoms with Crippen LogP contribution in [0.4, 0.5) is 4.39 Å². The minimum atomic E-state index is -0.604. The van der Waals surface area contributed by atoms with Crippen LogP contribution < -0.4 is 10.1 Å². The van der Waals surface area contributed by atoms with Crippen molar-refractivity contribution < 1.29 is 19.0 Å². The Labute approximate surface area is 105 Å². The largest absolute Gasteiger partial charge is 0.480 e. The van der Waals surface area contributed by atoms with Crippen LogP contribution in [0.15, 0.2) is 18.2 Å². The van der Waals surface area contributed by atoms with Crippen LogP contribution in [0, 0.1) is 11.7 Å². The summed E-state index contributed by atoms with van der Waals surface area (Å²) in [4.78, 5) is 11.8. The van der Waals surface area contributed by atoms with E-state index < -0.39 is 6.10 Å². The van der Waals surface area contributed by atoms with E-state index >= 15 is 0 Å². The molecule has 2 N–H and O–H groups in total. The number of aliphatic hydroxyl groups excluding tert-OH is 1. The van der Waals surface area contributed by atoms with Crippen molar-refractivity contribution in [3.05, 3.63) is 29.6 Å². The molecule has 2 unspecified atom stereocenters. The number of rotatable bonds is 4. The molecular formula is C13H16FNO3. The fourth-order valence-electron chi connectivity index (χ4n) is 1.82. The lowest BCUT2D eigenvalue weighted by molar-refractivity contribution is -0.127. The SMILES string of the molecule is CC(CO)CNC(=O)C1Cc2cc(F)ccc2O1. The van der Waals surface area contributed by atoms with E-state index in [1.165, 1.54) is 18.2 Å². The molecule has 0 radical (unpaired) electrons. The molecule has 0 aliphatic carbocycles. The van der Waals surface area contributed by atoms with Gasteiger partial charge in [-0.1, -0.05) is 6.92 Å². The number of hydrogen-bond acceptors (Lipinski definition) is 3. The molecule has 2 atom stereocenters. The summed E-state index contributed by atoms with van der Waals surface area (Å²) in [6.45, 7) is 2.26. The van der Waals surface area contributed by atoms with Gasteiger partial charge in [0.1, 0.15) is 11.6 Å². The Bertz CT molecular complexity index is 450. The van der Waals surface area contributed by atoms with Gasteiger partial charge in [-0.05, 0) is 24.1 Å². The second-order valence-electron chi connectivity index (χ2n) is 4.60. The van der Waals surface area contributed by atoms with Crippen molar-refractivity contribution in [1.82, 2.24) is 5.32 Å². The number of carbonyl (C=O) groups is 1. The van der Waals surface area contributed by atoms with Crippen molar-refractivity contribution in [3.63, 3.8) is 0 Å². The highest BCUT2D eigenvalue weighted by molar-refractivity contribution is 5.82. The van der Waals surface area contributed by atoms with Gasteiger partial charge in [0.2, 0.25) is 0 Å². The Morgan fingerprint density at radius 1 is 1.67 bits per heavy atom. The van der Waals surface area contributed by atoms with E-state index in [-0.39, 0.29) is 24.2 Å². The van der Waals surface area contributed by atoms with Gasteiger partial charge in [0.15, 0.2) is 6.10 Å². The topological polar surface area (TPSA) is 58.6 Å². The fourth-order valence-corrected chi connectivity index (χ4v) is 1.82. The molecule has 18 heavy (non-hydrogen) atoms. The fraction of sp³-hybridized carbons (Fsp3) is 0.462. The monoisotopic (exact) mass is 253 g/mol. The van der Waals surface area contributed by atoms with E-state index in [1.54, 1.807) is 0 Å². The molecule has 0 bridgehead atoms. The molecule has 0 spiro atoms. The standard InChI is InChI=1S/C13H16FNO3/c1-8(7-16)6-15-13(17)12-5-9-4-10(14)2-3-11(9)18-12/h2-4,8,12,16H,5-7H2,1H3,(H,15,17). The first kappa shape index (κ1) is 12.8. The summed E-state index contributed by atoms with van der Waals surface area (Å²) in [6, 6.07) is 4.24. The minimum Gasteiger partial charge on any atom is -0.480 e. The smallest absolute Gasteiger partial charge is 0.261 e. The third kappa shape index (κ3) is 2.79. The number of carbonyl (C=O) groups excluding carboxylic acids is 1. The lowest BCUT2D eigenvalue weighted by Gasteiger charge is -2.13. The molecule has 1 aliphatic heterocycles. The summed E-state index contributed by atoms with van der Waals surface area (Å²) in [6.07, 6.45) is -0.223. The van der Waals surface area contributed by atoms with Crippen LogP contribution in [-0.2, 0) is 11.2 Å². The second kappa shape index (κ2) is 5.35. The van der Waals surface area contributed by atoms with Gasteiger partial charge in [-0.15, -0.1) is 0 Å². The Morgan fingerprint density at radius 2 is 2.44 bits per heavy atom. The number of halogens is 1. The molecule has 0 saturated carbocycles. The molecule has 0 fully saturated rings. The lowest BCUT2D eigenvalue weighted by Crippen LogP contribution is -2.39. The molecule has 98 valence electrons. The normalized spacial score (nSPS) is 18.9. The highest BCUT2D eigenvalue weighted by Gasteiger charge is 2.29. The van der Waals surface area contributed by atoms with Gasteiger partial charge < -0.3 is 15.2 Å².